The zero-order chi connectivity index (χ0) is 30.3. The molecule has 2 heterocycles. The highest BCUT2D eigenvalue weighted by atomic mass is 16.6. The SMILES string of the molecule is CCN(CC)c1ccc2c(c1)Oc1ccc(N(Cc3ccccc3)Cc3ccc(C)cc3)cc1C21OC(=O)c2ccccc21. The van der Waals surface area contributed by atoms with Crippen molar-refractivity contribution in [2.75, 3.05) is 22.9 Å². The van der Waals surface area contributed by atoms with E-state index in [4.69, 9.17) is 9.47 Å². The van der Waals surface area contributed by atoms with E-state index in [2.05, 4.69) is 109 Å². The molecule has 220 valence electrons. The molecule has 0 fully saturated rings. The molecule has 5 heteroatoms. The third-order valence-corrected chi connectivity index (χ3v) is 8.88. The minimum absolute atomic E-state index is 0.321. The lowest BCUT2D eigenvalue weighted by Gasteiger charge is -2.38. The van der Waals surface area contributed by atoms with Crippen molar-refractivity contribution in [2.45, 2.75) is 39.5 Å². The van der Waals surface area contributed by atoms with E-state index in [-0.39, 0.29) is 5.97 Å². The van der Waals surface area contributed by atoms with E-state index in [1.807, 2.05) is 36.4 Å². The van der Waals surface area contributed by atoms with Crippen LogP contribution in [0.5, 0.6) is 11.5 Å². The topological polar surface area (TPSA) is 42.0 Å². The van der Waals surface area contributed by atoms with E-state index in [0.29, 0.717) is 17.1 Å². The molecule has 5 nitrogen and oxygen atoms in total. The quantitative estimate of drug-likeness (QED) is 0.172. The third kappa shape index (κ3) is 4.69. The van der Waals surface area contributed by atoms with Crippen molar-refractivity contribution in [3.05, 3.63) is 154 Å². The number of hydrogen-bond acceptors (Lipinski definition) is 5. The maximum Gasteiger partial charge on any atom is 0.340 e. The molecule has 2 aliphatic rings. The van der Waals surface area contributed by atoms with E-state index < -0.39 is 5.60 Å². The van der Waals surface area contributed by atoms with E-state index >= 15 is 0 Å². The highest BCUT2D eigenvalue weighted by Gasteiger charge is 2.53. The number of fused-ring (bicyclic) bond motifs is 6. The first-order chi connectivity index (χ1) is 21.5. The van der Waals surface area contributed by atoms with Gasteiger partial charge in [-0.3, -0.25) is 0 Å². The van der Waals surface area contributed by atoms with Crippen molar-refractivity contribution >= 4 is 17.3 Å². The van der Waals surface area contributed by atoms with Gasteiger partial charge in [0.15, 0.2) is 5.60 Å². The molecular weight excluding hydrogens is 544 g/mol. The maximum absolute atomic E-state index is 13.5. The number of anilines is 2. The summed E-state index contributed by atoms with van der Waals surface area (Å²) in [5.74, 6) is 1.08. The summed E-state index contributed by atoms with van der Waals surface area (Å²) in [5, 5.41) is 0. The van der Waals surface area contributed by atoms with Gasteiger partial charge in [0.2, 0.25) is 0 Å². The zero-order valence-electron chi connectivity index (χ0n) is 25.4. The van der Waals surface area contributed by atoms with E-state index in [9.17, 15) is 4.79 Å². The first-order valence-corrected chi connectivity index (χ1v) is 15.4. The van der Waals surface area contributed by atoms with Crippen LogP contribution in [0, 0.1) is 6.92 Å². The van der Waals surface area contributed by atoms with Crippen LogP contribution in [0.1, 0.15) is 57.6 Å². The van der Waals surface area contributed by atoms with Crippen LogP contribution < -0.4 is 14.5 Å². The highest BCUT2D eigenvalue weighted by molar-refractivity contribution is 5.97. The number of benzene rings is 5. The Labute approximate surface area is 259 Å². The van der Waals surface area contributed by atoms with Gasteiger partial charge in [-0.15, -0.1) is 0 Å². The van der Waals surface area contributed by atoms with Crippen molar-refractivity contribution in [1.82, 2.24) is 0 Å². The van der Waals surface area contributed by atoms with Crippen LogP contribution in [0.4, 0.5) is 11.4 Å². The second-order valence-electron chi connectivity index (χ2n) is 11.6. The Hall–Kier alpha value is -5.03. The average Bonchev–Trinajstić information content (AvgIpc) is 3.35. The average molecular weight is 581 g/mol. The summed E-state index contributed by atoms with van der Waals surface area (Å²) < 4.78 is 13.1. The predicted molar refractivity (Wildman–Crippen MR) is 176 cm³/mol. The number of nitrogens with zero attached hydrogens (tertiary/aromatic N) is 2. The van der Waals surface area contributed by atoms with E-state index in [1.54, 1.807) is 0 Å². The summed E-state index contributed by atoms with van der Waals surface area (Å²) >= 11 is 0. The van der Waals surface area contributed by atoms with Gasteiger partial charge in [-0.25, -0.2) is 4.79 Å². The number of carbonyl (C=O) groups is 1. The highest BCUT2D eigenvalue weighted by Crippen LogP contribution is 2.57. The second-order valence-corrected chi connectivity index (χ2v) is 11.6. The Morgan fingerprint density at radius 3 is 2.02 bits per heavy atom. The number of ether oxygens (including phenoxy) is 2. The molecule has 1 unspecified atom stereocenters. The van der Waals surface area contributed by atoms with E-state index in [1.165, 1.54) is 16.7 Å². The van der Waals surface area contributed by atoms with Crippen molar-refractivity contribution in [2.24, 2.45) is 0 Å². The number of aryl methyl sites for hydroxylation is 1. The summed E-state index contributed by atoms with van der Waals surface area (Å²) in [5.41, 5.74) is 7.77. The minimum atomic E-state index is -1.11. The van der Waals surface area contributed by atoms with Gasteiger partial charge in [0, 0.05) is 60.3 Å². The minimum Gasteiger partial charge on any atom is -0.456 e. The number of esters is 1. The molecule has 7 rings (SSSR count). The lowest BCUT2D eigenvalue weighted by atomic mass is 9.77. The monoisotopic (exact) mass is 580 g/mol. The van der Waals surface area contributed by atoms with Gasteiger partial charge in [0.25, 0.3) is 0 Å². The van der Waals surface area contributed by atoms with Gasteiger partial charge in [-0.1, -0.05) is 78.4 Å². The molecule has 2 aliphatic heterocycles. The van der Waals surface area contributed by atoms with Gasteiger partial charge in [-0.05, 0) is 68.3 Å². The molecule has 0 saturated heterocycles. The Morgan fingerprint density at radius 2 is 1.27 bits per heavy atom. The Morgan fingerprint density at radius 1 is 0.614 bits per heavy atom. The van der Waals surface area contributed by atoms with Crippen LogP contribution in [0.25, 0.3) is 0 Å². The molecular formula is C39H36N2O3. The molecule has 0 saturated carbocycles. The van der Waals surface area contributed by atoms with Gasteiger partial charge < -0.3 is 19.3 Å². The summed E-state index contributed by atoms with van der Waals surface area (Å²) in [6, 6.07) is 39.5. The Kier molecular flexibility index (Phi) is 7.09. The van der Waals surface area contributed by atoms with Gasteiger partial charge in [0.1, 0.15) is 11.5 Å². The van der Waals surface area contributed by atoms with Crippen LogP contribution in [0.3, 0.4) is 0 Å². The van der Waals surface area contributed by atoms with Crippen LogP contribution in [0.2, 0.25) is 0 Å². The predicted octanol–water partition coefficient (Wildman–Crippen LogP) is 8.62. The molecule has 0 amide bonds. The summed E-state index contributed by atoms with van der Waals surface area (Å²) in [4.78, 5) is 18.1. The normalized spacial score (nSPS) is 16.0. The lowest BCUT2D eigenvalue weighted by molar-refractivity contribution is 0.0224. The largest absolute Gasteiger partial charge is 0.456 e. The fourth-order valence-corrected chi connectivity index (χ4v) is 6.59. The number of rotatable bonds is 8. The van der Waals surface area contributed by atoms with Crippen molar-refractivity contribution in [3.63, 3.8) is 0 Å². The zero-order valence-corrected chi connectivity index (χ0v) is 25.4. The molecule has 0 bridgehead atoms. The number of carbonyl (C=O) groups excluding carboxylic acids is 1. The molecule has 1 spiro atoms. The molecule has 44 heavy (non-hydrogen) atoms. The van der Waals surface area contributed by atoms with Gasteiger partial charge in [0.05, 0.1) is 5.56 Å². The Balaban J connectivity index is 1.39. The fourth-order valence-electron chi connectivity index (χ4n) is 6.59. The van der Waals surface area contributed by atoms with Crippen molar-refractivity contribution in [3.8, 4) is 11.5 Å². The van der Waals surface area contributed by atoms with E-state index in [0.717, 1.165) is 54.2 Å². The number of hydrogen-bond donors (Lipinski definition) is 0. The molecule has 0 aliphatic carbocycles. The lowest BCUT2D eigenvalue weighted by Crippen LogP contribution is -2.34. The third-order valence-electron chi connectivity index (χ3n) is 8.88. The van der Waals surface area contributed by atoms with Crippen LogP contribution in [-0.4, -0.2) is 19.1 Å². The summed E-state index contributed by atoms with van der Waals surface area (Å²) in [7, 11) is 0. The first-order valence-electron chi connectivity index (χ1n) is 15.4. The smallest absolute Gasteiger partial charge is 0.340 e. The Bertz CT molecular complexity index is 1830. The van der Waals surface area contributed by atoms with Crippen molar-refractivity contribution < 1.29 is 14.3 Å². The summed E-state index contributed by atoms with van der Waals surface area (Å²) in [6.07, 6.45) is 0. The second kappa shape index (κ2) is 11.2. The molecule has 0 N–H and O–H groups in total. The summed E-state index contributed by atoms with van der Waals surface area (Å²) in [6.45, 7) is 9.62. The maximum atomic E-state index is 13.5. The molecule has 0 radical (unpaired) electrons. The first kappa shape index (κ1) is 27.8. The molecule has 5 aromatic rings. The fraction of sp³-hybridized carbons (Fsp3) is 0.205. The van der Waals surface area contributed by atoms with Crippen LogP contribution in [0.15, 0.2) is 115 Å². The van der Waals surface area contributed by atoms with Crippen LogP contribution in [-0.2, 0) is 23.4 Å². The van der Waals surface area contributed by atoms with Crippen LogP contribution >= 0.6 is 0 Å². The van der Waals surface area contributed by atoms with Gasteiger partial charge >= 0.3 is 5.97 Å². The van der Waals surface area contributed by atoms with Crippen molar-refractivity contribution in [1.29, 1.82) is 0 Å². The van der Waals surface area contributed by atoms with Gasteiger partial charge in [-0.2, -0.15) is 0 Å². The molecule has 5 aromatic carbocycles. The molecule has 1 atom stereocenters. The standard InChI is InChI=1S/C39H36N2O3/c1-4-40(5-2)31-19-21-34-37(24-31)43-36-22-20-30(23-35(36)39(34)33-14-10-9-13-32(33)38(42)44-39)41(25-28-11-7-6-8-12-28)26-29-17-15-27(3)16-18-29/h6-24H,4-5,25-26H2,1-3H3. The molecule has 0 aromatic heterocycles.